The predicted octanol–water partition coefficient (Wildman–Crippen LogP) is 3.39. The summed E-state index contributed by atoms with van der Waals surface area (Å²) in [6.07, 6.45) is 3.80. The Labute approximate surface area is 59.0 Å². The van der Waals surface area contributed by atoms with E-state index < -0.39 is 0 Å². The van der Waals surface area contributed by atoms with Crippen molar-refractivity contribution in [2.75, 3.05) is 0 Å². The highest BCUT2D eigenvalue weighted by atomic mass is 14.0. The van der Waals surface area contributed by atoms with Crippen molar-refractivity contribution in [2.24, 2.45) is 5.92 Å². The quantitative estimate of drug-likeness (QED) is 0.506. The van der Waals surface area contributed by atoms with Crippen molar-refractivity contribution in [3.63, 3.8) is 0 Å². The lowest BCUT2D eigenvalue weighted by Crippen LogP contribution is -1.91. The van der Waals surface area contributed by atoms with E-state index in [2.05, 4.69) is 27.4 Å². The highest BCUT2D eigenvalue weighted by molar-refractivity contribution is 4.96. The zero-order valence-corrected chi connectivity index (χ0v) is 6.91. The van der Waals surface area contributed by atoms with Gasteiger partial charge in [0.15, 0.2) is 0 Å². The molecule has 0 heterocycles. The molecule has 0 aliphatic heterocycles. The van der Waals surface area contributed by atoms with E-state index in [1.807, 2.05) is 0 Å². The van der Waals surface area contributed by atoms with Gasteiger partial charge < -0.3 is 0 Å². The molecule has 0 radical (unpaired) electrons. The second-order valence-electron chi connectivity index (χ2n) is 2.92. The minimum absolute atomic E-state index is 0.677. The molecule has 0 fully saturated rings. The Morgan fingerprint density at radius 3 is 2.33 bits per heavy atom. The predicted molar refractivity (Wildman–Crippen MR) is 43.5 cm³/mol. The number of hydrogen-bond donors (Lipinski definition) is 0. The fourth-order valence-corrected chi connectivity index (χ4v) is 0.693. The normalized spacial score (nSPS) is 10.2. The first-order valence-corrected chi connectivity index (χ1v) is 3.86. The summed E-state index contributed by atoms with van der Waals surface area (Å²) >= 11 is 0. The molecule has 0 N–H and O–H groups in total. The molecule has 0 heteroatoms. The van der Waals surface area contributed by atoms with E-state index in [1.165, 1.54) is 24.8 Å². The van der Waals surface area contributed by atoms with Crippen molar-refractivity contribution in [3.05, 3.63) is 12.2 Å². The van der Waals surface area contributed by atoms with Crippen LogP contribution in [0.3, 0.4) is 0 Å². The third kappa shape index (κ3) is 4.26. The van der Waals surface area contributed by atoms with Gasteiger partial charge >= 0.3 is 0 Å². The molecule has 54 valence electrons. The van der Waals surface area contributed by atoms with Gasteiger partial charge in [-0.25, -0.2) is 0 Å². The minimum Gasteiger partial charge on any atom is -0.0996 e. The van der Waals surface area contributed by atoms with Crippen LogP contribution in [-0.2, 0) is 0 Å². The Balaban J connectivity index is 3.28. The molecule has 0 aliphatic carbocycles. The number of unbranched alkanes of at least 4 members (excludes halogenated alkanes) is 1. The Morgan fingerprint density at radius 2 is 2.00 bits per heavy atom. The van der Waals surface area contributed by atoms with Gasteiger partial charge in [-0.3, -0.25) is 0 Å². The van der Waals surface area contributed by atoms with Crippen LogP contribution in [0.2, 0.25) is 0 Å². The van der Waals surface area contributed by atoms with E-state index in [-0.39, 0.29) is 0 Å². The van der Waals surface area contributed by atoms with Crippen molar-refractivity contribution in [2.45, 2.75) is 40.0 Å². The summed E-state index contributed by atoms with van der Waals surface area (Å²) in [7, 11) is 0. The molecule has 0 aromatic rings. The minimum atomic E-state index is 0.677. The highest BCUT2D eigenvalue weighted by Gasteiger charge is 1.97. The van der Waals surface area contributed by atoms with Crippen molar-refractivity contribution >= 4 is 0 Å². The number of hydrogen-bond acceptors (Lipinski definition) is 0. The van der Waals surface area contributed by atoms with Crippen LogP contribution in [0.5, 0.6) is 0 Å². The van der Waals surface area contributed by atoms with Crippen molar-refractivity contribution < 1.29 is 0 Å². The molecule has 0 bridgehead atoms. The van der Waals surface area contributed by atoms with E-state index in [1.54, 1.807) is 0 Å². The van der Waals surface area contributed by atoms with Gasteiger partial charge in [0.25, 0.3) is 0 Å². The maximum absolute atomic E-state index is 3.99. The molecule has 0 unspecified atom stereocenters. The van der Waals surface area contributed by atoms with Crippen LogP contribution in [0.25, 0.3) is 0 Å². The standard InChI is InChI=1S/C9H18/c1-5-6-7-9(4)8(2)3/h8H,4-7H2,1-3H3. The van der Waals surface area contributed by atoms with E-state index >= 15 is 0 Å². The Kier molecular flexibility index (Phi) is 4.47. The summed E-state index contributed by atoms with van der Waals surface area (Å²) in [4.78, 5) is 0. The third-order valence-electron chi connectivity index (χ3n) is 1.67. The third-order valence-corrected chi connectivity index (χ3v) is 1.67. The summed E-state index contributed by atoms with van der Waals surface area (Å²) < 4.78 is 0. The molecule has 0 atom stereocenters. The average molecular weight is 126 g/mol. The molecule has 0 amide bonds. The summed E-state index contributed by atoms with van der Waals surface area (Å²) in [5.74, 6) is 0.677. The van der Waals surface area contributed by atoms with Crippen LogP contribution in [0, 0.1) is 5.92 Å². The summed E-state index contributed by atoms with van der Waals surface area (Å²) in [5.41, 5.74) is 1.40. The van der Waals surface area contributed by atoms with E-state index in [0.29, 0.717) is 5.92 Å². The largest absolute Gasteiger partial charge is 0.0996 e. The van der Waals surface area contributed by atoms with E-state index in [4.69, 9.17) is 0 Å². The molecule has 9 heavy (non-hydrogen) atoms. The lowest BCUT2D eigenvalue weighted by molar-refractivity contribution is 0.677. The monoisotopic (exact) mass is 126 g/mol. The molecular weight excluding hydrogens is 108 g/mol. The van der Waals surface area contributed by atoms with Gasteiger partial charge in [0, 0.05) is 0 Å². The van der Waals surface area contributed by atoms with Crippen LogP contribution < -0.4 is 0 Å². The Hall–Kier alpha value is -0.260. The highest BCUT2D eigenvalue weighted by Crippen LogP contribution is 2.13. The molecular formula is C9H18. The van der Waals surface area contributed by atoms with Crippen molar-refractivity contribution in [1.29, 1.82) is 0 Å². The number of allylic oxidation sites excluding steroid dienone is 1. The zero-order valence-electron chi connectivity index (χ0n) is 6.91. The van der Waals surface area contributed by atoms with Crippen LogP contribution >= 0.6 is 0 Å². The van der Waals surface area contributed by atoms with Gasteiger partial charge in [-0.05, 0) is 18.8 Å². The molecule has 0 spiro atoms. The Morgan fingerprint density at radius 1 is 1.44 bits per heavy atom. The molecule has 0 nitrogen and oxygen atoms in total. The van der Waals surface area contributed by atoms with Gasteiger partial charge in [-0.1, -0.05) is 39.3 Å². The molecule has 0 rings (SSSR count). The van der Waals surface area contributed by atoms with Gasteiger partial charge in [0.1, 0.15) is 0 Å². The van der Waals surface area contributed by atoms with Crippen molar-refractivity contribution in [1.82, 2.24) is 0 Å². The fraction of sp³-hybridized carbons (Fsp3) is 0.778. The molecule has 0 saturated carbocycles. The van der Waals surface area contributed by atoms with Gasteiger partial charge in [0.2, 0.25) is 0 Å². The molecule has 0 aromatic carbocycles. The van der Waals surface area contributed by atoms with Crippen LogP contribution in [0.1, 0.15) is 40.0 Å². The lowest BCUT2D eigenvalue weighted by atomic mass is 10.00. The van der Waals surface area contributed by atoms with Crippen LogP contribution in [0.15, 0.2) is 12.2 Å². The second kappa shape index (κ2) is 4.60. The van der Waals surface area contributed by atoms with E-state index in [9.17, 15) is 0 Å². The first-order chi connectivity index (χ1) is 4.18. The first kappa shape index (κ1) is 8.74. The zero-order chi connectivity index (χ0) is 7.28. The average Bonchev–Trinajstić information content (AvgIpc) is 1.82. The molecule has 0 saturated heterocycles. The SMILES string of the molecule is C=C(CCCC)C(C)C. The lowest BCUT2D eigenvalue weighted by Gasteiger charge is -2.06. The summed E-state index contributed by atoms with van der Waals surface area (Å²) in [6.45, 7) is 10.6. The fourth-order valence-electron chi connectivity index (χ4n) is 0.693. The number of rotatable bonds is 4. The maximum Gasteiger partial charge on any atom is -0.0263 e. The maximum atomic E-state index is 3.99. The van der Waals surface area contributed by atoms with Gasteiger partial charge in [-0.2, -0.15) is 0 Å². The second-order valence-corrected chi connectivity index (χ2v) is 2.92. The van der Waals surface area contributed by atoms with E-state index in [0.717, 1.165) is 0 Å². The topological polar surface area (TPSA) is 0 Å². The molecule has 0 aliphatic rings. The van der Waals surface area contributed by atoms with Gasteiger partial charge in [-0.15, -0.1) is 0 Å². The van der Waals surface area contributed by atoms with Crippen LogP contribution in [-0.4, -0.2) is 0 Å². The van der Waals surface area contributed by atoms with Crippen molar-refractivity contribution in [3.8, 4) is 0 Å². The smallest absolute Gasteiger partial charge is 0.0263 e. The molecule has 0 aromatic heterocycles. The van der Waals surface area contributed by atoms with Crippen LogP contribution in [0.4, 0.5) is 0 Å². The summed E-state index contributed by atoms with van der Waals surface area (Å²) in [5, 5.41) is 0. The van der Waals surface area contributed by atoms with Gasteiger partial charge in [0.05, 0.1) is 0 Å². The summed E-state index contributed by atoms with van der Waals surface area (Å²) in [6, 6.07) is 0. The first-order valence-electron chi connectivity index (χ1n) is 3.86. The Bertz CT molecular complexity index is 80.0.